The highest BCUT2D eigenvalue weighted by Crippen LogP contribution is 2.30. The Hall–Kier alpha value is -2.82. The minimum absolute atomic E-state index is 0.135. The molecule has 1 aromatic heterocycles. The molecule has 2 rings (SSSR count). The van der Waals surface area contributed by atoms with Crippen molar-refractivity contribution in [3.8, 4) is 11.4 Å². The summed E-state index contributed by atoms with van der Waals surface area (Å²) in [6, 6.07) is 1.54. The van der Waals surface area contributed by atoms with Crippen LogP contribution >= 0.6 is 11.6 Å². The van der Waals surface area contributed by atoms with Crippen LogP contribution in [0.25, 0.3) is 5.69 Å². The van der Waals surface area contributed by atoms with Gasteiger partial charge in [0.05, 0.1) is 10.7 Å². The topological polar surface area (TPSA) is 90.5 Å². The average Bonchev–Trinajstić information content (AvgIpc) is 2.53. The molecule has 0 saturated carbocycles. The molecule has 0 aliphatic rings. The molecule has 12 heteroatoms. The van der Waals surface area contributed by atoms with Gasteiger partial charge in [0.15, 0.2) is 6.10 Å². The van der Waals surface area contributed by atoms with E-state index in [0.717, 1.165) is 20.0 Å². The third-order valence-corrected chi connectivity index (χ3v) is 3.80. The number of nitrogens with zero attached hydrogens (tertiary/aromatic N) is 2. The lowest BCUT2D eigenvalue weighted by atomic mass is 10.2. The molecule has 1 heterocycles. The predicted octanol–water partition coefficient (Wildman–Crippen LogP) is 2.20. The monoisotopic (exact) mass is 410 g/mol. The minimum Gasteiger partial charge on any atom is -0.479 e. The molecule has 1 atom stereocenters. The molecule has 0 fully saturated rings. The normalized spacial score (nSPS) is 12.7. The van der Waals surface area contributed by atoms with E-state index >= 15 is 0 Å². The summed E-state index contributed by atoms with van der Waals surface area (Å²) in [4.78, 5) is 35.1. The van der Waals surface area contributed by atoms with E-state index in [9.17, 15) is 31.9 Å². The van der Waals surface area contributed by atoms with E-state index in [4.69, 9.17) is 21.4 Å². The minimum atomic E-state index is -4.98. The molecule has 0 aliphatic carbocycles. The second-order valence-electron chi connectivity index (χ2n) is 5.37. The molecule has 0 saturated heterocycles. The maximum atomic E-state index is 14.3. The van der Waals surface area contributed by atoms with Gasteiger partial charge in [0.25, 0.3) is 5.56 Å². The van der Waals surface area contributed by atoms with Crippen molar-refractivity contribution in [1.82, 2.24) is 9.13 Å². The van der Waals surface area contributed by atoms with E-state index in [-0.39, 0.29) is 26.0 Å². The number of aliphatic carboxylic acids is 1. The molecule has 1 N–H and O–H groups in total. The number of halogens is 5. The maximum absolute atomic E-state index is 14.3. The molecule has 0 radical (unpaired) electrons. The van der Waals surface area contributed by atoms with Crippen molar-refractivity contribution in [3.05, 3.63) is 55.6 Å². The lowest BCUT2D eigenvalue weighted by Gasteiger charge is -2.16. The average molecular weight is 411 g/mol. The summed E-state index contributed by atoms with van der Waals surface area (Å²) >= 11 is 5.76. The van der Waals surface area contributed by atoms with Gasteiger partial charge in [0.1, 0.15) is 17.3 Å². The number of ether oxygens (including phenoxy) is 1. The fourth-order valence-corrected chi connectivity index (χ4v) is 2.34. The summed E-state index contributed by atoms with van der Waals surface area (Å²) in [6.07, 6.45) is -6.39. The Bertz CT molecular complexity index is 1030. The Kier molecular flexibility index (Phi) is 5.36. The van der Waals surface area contributed by atoms with Gasteiger partial charge in [-0.25, -0.2) is 18.5 Å². The number of rotatable bonds is 4. The van der Waals surface area contributed by atoms with Crippen LogP contribution in [0.5, 0.6) is 5.75 Å². The Balaban J connectivity index is 2.73. The molecule has 0 aliphatic heterocycles. The lowest BCUT2D eigenvalue weighted by Crippen LogP contribution is -2.41. The van der Waals surface area contributed by atoms with Gasteiger partial charge in [0.2, 0.25) is 0 Å². The van der Waals surface area contributed by atoms with Crippen molar-refractivity contribution >= 4 is 17.6 Å². The van der Waals surface area contributed by atoms with Crippen molar-refractivity contribution in [1.29, 1.82) is 0 Å². The van der Waals surface area contributed by atoms with Gasteiger partial charge < -0.3 is 9.84 Å². The Morgan fingerprint density at radius 3 is 2.37 bits per heavy atom. The summed E-state index contributed by atoms with van der Waals surface area (Å²) in [6.45, 7) is 1.14. The van der Waals surface area contributed by atoms with E-state index in [2.05, 4.69) is 0 Å². The van der Waals surface area contributed by atoms with Crippen LogP contribution in [0.2, 0.25) is 5.02 Å². The van der Waals surface area contributed by atoms with Gasteiger partial charge in [-0.2, -0.15) is 13.2 Å². The number of carboxylic acid groups (broad SMARTS) is 1. The van der Waals surface area contributed by atoms with Gasteiger partial charge in [0, 0.05) is 19.2 Å². The van der Waals surface area contributed by atoms with Gasteiger partial charge in [-0.15, -0.1) is 0 Å². The summed E-state index contributed by atoms with van der Waals surface area (Å²) in [5, 5.41) is 8.49. The van der Waals surface area contributed by atoms with Crippen molar-refractivity contribution in [2.45, 2.75) is 19.2 Å². The standard InChI is InChI=1S/C15H11ClF4N2O5/c1-6(13(24)25)27-10-4-9(8(17)3-7(10)16)22-12(23)5-11(15(18,19)20)21(2)14(22)26/h3-6H,1-2H3,(H,24,25)/t6-/m0/s1. The first kappa shape index (κ1) is 20.5. The van der Waals surface area contributed by atoms with Crippen LogP contribution < -0.4 is 16.0 Å². The lowest BCUT2D eigenvalue weighted by molar-refractivity contribution is -0.144. The quantitative estimate of drug-likeness (QED) is 0.780. The smallest absolute Gasteiger partial charge is 0.431 e. The van der Waals surface area contributed by atoms with Crippen molar-refractivity contribution in [2.24, 2.45) is 7.05 Å². The van der Waals surface area contributed by atoms with Gasteiger partial charge in [-0.1, -0.05) is 11.6 Å². The molecule has 0 spiro atoms. The zero-order valence-corrected chi connectivity index (χ0v) is 14.4. The molecule has 27 heavy (non-hydrogen) atoms. The summed E-state index contributed by atoms with van der Waals surface area (Å²) in [5.41, 5.74) is -5.16. The molecular formula is C15H11ClF4N2O5. The number of hydrogen-bond donors (Lipinski definition) is 1. The van der Waals surface area contributed by atoms with Gasteiger partial charge >= 0.3 is 17.8 Å². The van der Waals surface area contributed by atoms with Crippen LogP contribution in [-0.2, 0) is 18.0 Å². The van der Waals surface area contributed by atoms with Gasteiger partial charge in [-0.05, 0) is 13.0 Å². The Morgan fingerprint density at radius 1 is 1.26 bits per heavy atom. The van der Waals surface area contributed by atoms with Crippen molar-refractivity contribution in [2.75, 3.05) is 0 Å². The highest BCUT2D eigenvalue weighted by Gasteiger charge is 2.35. The predicted molar refractivity (Wildman–Crippen MR) is 85.0 cm³/mol. The van der Waals surface area contributed by atoms with Crippen molar-refractivity contribution in [3.63, 3.8) is 0 Å². The molecule has 0 amide bonds. The Morgan fingerprint density at radius 2 is 1.85 bits per heavy atom. The van der Waals surface area contributed by atoms with E-state index in [1.165, 1.54) is 0 Å². The largest absolute Gasteiger partial charge is 0.479 e. The summed E-state index contributed by atoms with van der Waals surface area (Å²) in [7, 11) is 0.763. The second-order valence-corrected chi connectivity index (χ2v) is 5.78. The number of carboxylic acids is 1. The van der Waals surface area contributed by atoms with Gasteiger partial charge in [-0.3, -0.25) is 9.36 Å². The molecule has 0 bridgehead atoms. The number of benzene rings is 1. The van der Waals surface area contributed by atoms with E-state index in [1.54, 1.807) is 0 Å². The number of alkyl halides is 3. The van der Waals surface area contributed by atoms with E-state index in [0.29, 0.717) is 6.07 Å². The van der Waals surface area contributed by atoms with E-state index < -0.39 is 46.7 Å². The molecule has 2 aromatic rings. The molecular weight excluding hydrogens is 400 g/mol. The summed E-state index contributed by atoms with van der Waals surface area (Å²) < 4.78 is 58.2. The Labute approximate surface area is 153 Å². The van der Waals surface area contributed by atoms with E-state index in [1.807, 2.05) is 0 Å². The number of aromatic nitrogens is 2. The highest BCUT2D eigenvalue weighted by molar-refractivity contribution is 6.32. The fourth-order valence-electron chi connectivity index (χ4n) is 2.14. The SMILES string of the molecule is C[C@H](Oc1cc(-n2c(=O)cc(C(F)(F)F)n(C)c2=O)c(F)cc1Cl)C(=O)O. The molecule has 146 valence electrons. The maximum Gasteiger partial charge on any atom is 0.431 e. The molecule has 0 unspecified atom stereocenters. The summed E-state index contributed by atoms with van der Waals surface area (Å²) in [5.74, 6) is -2.95. The third-order valence-electron chi connectivity index (χ3n) is 3.50. The molecule has 1 aromatic carbocycles. The molecule has 7 nitrogen and oxygen atoms in total. The third kappa shape index (κ3) is 3.97. The van der Waals surface area contributed by atoms with Crippen LogP contribution in [0.3, 0.4) is 0 Å². The van der Waals surface area contributed by atoms with Crippen LogP contribution in [0.1, 0.15) is 12.6 Å². The first-order valence-corrected chi connectivity index (χ1v) is 7.51. The van der Waals surface area contributed by atoms with Crippen LogP contribution in [0.4, 0.5) is 17.6 Å². The fraction of sp³-hybridized carbons (Fsp3) is 0.267. The zero-order chi connectivity index (χ0) is 20.7. The van der Waals surface area contributed by atoms with Crippen LogP contribution in [0.15, 0.2) is 27.8 Å². The second kappa shape index (κ2) is 7.06. The number of carbonyl (C=O) groups is 1. The first-order chi connectivity index (χ1) is 12.3. The highest BCUT2D eigenvalue weighted by atomic mass is 35.5. The first-order valence-electron chi connectivity index (χ1n) is 7.13. The van der Waals surface area contributed by atoms with Crippen LogP contribution in [0, 0.1) is 5.82 Å². The van der Waals surface area contributed by atoms with Crippen LogP contribution in [-0.4, -0.2) is 26.3 Å². The number of hydrogen-bond acceptors (Lipinski definition) is 4. The zero-order valence-electron chi connectivity index (χ0n) is 13.7. The van der Waals surface area contributed by atoms with Crippen molar-refractivity contribution < 1.29 is 32.2 Å².